The number of aliphatic hydroxyl groups excluding tert-OH is 1. The van der Waals surface area contributed by atoms with E-state index < -0.39 is 0 Å². The van der Waals surface area contributed by atoms with Crippen molar-refractivity contribution in [3.05, 3.63) is 42.2 Å². The molecule has 108 valence electrons. The Hall–Kier alpha value is -2.14. The zero-order valence-electron chi connectivity index (χ0n) is 11.8. The summed E-state index contributed by atoms with van der Waals surface area (Å²) in [5.74, 6) is 1.28. The second-order valence-electron chi connectivity index (χ2n) is 4.40. The minimum absolute atomic E-state index is 0.0237. The van der Waals surface area contributed by atoms with E-state index in [1.54, 1.807) is 7.11 Å². The number of aliphatic hydroxyl groups is 1. The summed E-state index contributed by atoms with van der Waals surface area (Å²) < 4.78 is 12.8. The van der Waals surface area contributed by atoms with Gasteiger partial charge in [-0.1, -0.05) is 0 Å². The van der Waals surface area contributed by atoms with E-state index in [1.807, 2.05) is 37.5 Å². The molecule has 0 atom stereocenters. The number of ether oxygens (including phenoxy) is 2. The van der Waals surface area contributed by atoms with Crippen molar-refractivity contribution in [2.75, 3.05) is 25.6 Å². The van der Waals surface area contributed by atoms with Gasteiger partial charge in [-0.2, -0.15) is 0 Å². The Labute approximate surface area is 118 Å². The number of hydrogen-bond acceptors (Lipinski definition) is 4. The first-order chi connectivity index (χ1) is 9.74. The standard InChI is InChI=1S/C15H20N2O3/c1-17-7-3-4-13(17)11-16-12-5-6-14(19-2)15(10-12)20-9-8-18/h3-7,10,16,18H,8-9,11H2,1-2H3. The highest BCUT2D eigenvalue weighted by molar-refractivity contribution is 5.54. The van der Waals surface area contributed by atoms with Gasteiger partial charge in [0.05, 0.1) is 20.3 Å². The summed E-state index contributed by atoms with van der Waals surface area (Å²) in [5, 5.41) is 12.2. The molecule has 0 amide bonds. The third-order valence-corrected chi connectivity index (χ3v) is 3.04. The van der Waals surface area contributed by atoms with Gasteiger partial charge in [0.1, 0.15) is 6.61 Å². The number of anilines is 1. The van der Waals surface area contributed by atoms with Gasteiger partial charge in [-0.15, -0.1) is 0 Å². The molecule has 5 nitrogen and oxygen atoms in total. The molecule has 0 aliphatic carbocycles. The van der Waals surface area contributed by atoms with Crippen LogP contribution in [0.4, 0.5) is 5.69 Å². The van der Waals surface area contributed by atoms with Crippen LogP contribution in [0.2, 0.25) is 0 Å². The lowest BCUT2D eigenvalue weighted by Crippen LogP contribution is -2.06. The molecule has 2 N–H and O–H groups in total. The van der Waals surface area contributed by atoms with Crippen LogP contribution in [0.5, 0.6) is 11.5 Å². The van der Waals surface area contributed by atoms with Gasteiger partial charge in [-0.25, -0.2) is 0 Å². The molecule has 1 aromatic heterocycles. The van der Waals surface area contributed by atoms with Gasteiger partial charge in [-0.05, 0) is 24.3 Å². The van der Waals surface area contributed by atoms with Gasteiger partial charge in [0.25, 0.3) is 0 Å². The lowest BCUT2D eigenvalue weighted by molar-refractivity contribution is 0.196. The van der Waals surface area contributed by atoms with Crippen molar-refractivity contribution in [1.82, 2.24) is 4.57 Å². The van der Waals surface area contributed by atoms with Crippen molar-refractivity contribution in [1.29, 1.82) is 0 Å². The molecular formula is C15H20N2O3. The summed E-state index contributed by atoms with van der Waals surface area (Å²) in [6.07, 6.45) is 2.01. The van der Waals surface area contributed by atoms with Crippen molar-refractivity contribution in [3.8, 4) is 11.5 Å². The molecule has 0 fully saturated rings. The SMILES string of the molecule is COc1ccc(NCc2cccn2C)cc1OCCO. The molecule has 0 unspecified atom stereocenters. The van der Waals surface area contributed by atoms with Crippen LogP contribution in [0, 0.1) is 0 Å². The van der Waals surface area contributed by atoms with E-state index in [4.69, 9.17) is 14.6 Å². The predicted molar refractivity (Wildman–Crippen MR) is 78.3 cm³/mol. The normalized spacial score (nSPS) is 10.3. The fourth-order valence-electron chi connectivity index (χ4n) is 1.93. The zero-order chi connectivity index (χ0) is 14.4. The molecule has 0 saturated heterocycles. The second kappa shape index (κ2) is 6.86. The first-order valence-corrected chi connectivity index (χ1v) is 6.50. The molecule has 20 heavy (non-hydrogen) atoms. The van der Waals surface area contributed by atoms with Gasteiger partial charge in [-0.3, -0.25) is 0 Å². The van der Waals surface area contributed by atoms with Crippen molar-refractivity contribution >= 4 is 5.69 Å². The van der Waals surface area contributed by atoms with Crippen LogP contribution < -0.4 is 14.8 Å². The number of nitrogens with zero attached hydrogens (tertiary/aromatic N) is 1. The number of aryl methyl sites for hydroxylation is 1. The van der Waals surface area contributed by atoms with Crippen LogP contribution in [-0.2, 0) is 13.6 Å². The van der Waals surface area contributed by atoms with Gasteiger partial charge in [0.2, 0.25) is 0 Å². The Morgan fingerprint density at radius 1 is 1.25 bits per heavy atom. The maximum atomic E-state index is 8.84. The van der Waals surface area contributed by atoms with Crippen LogP contribution in [0.1, 0.15) is 5.69 Å². The average Bonchev–Trinajstić information content (AvgIpc) is 2.88. The molecule has 5 heteroatoms. The average molecular weight is 276 g/mol. The van der Waals surface area contributed by atoms with Gasteiger partial charge in [0, 0.05) is 30.7 Å². The maximum Gasteiger partial charge on any atom is 0.163 e. The fraction of sp³-hybridized carbons (Fsp3) is 0.333. The Bertz CT molecular complexity index is 552. The molecule has 0 bridgehead atoms. The predicted octanol–water partition coefficient (Wildman–Crippen LogP) is 2.02. The molecule has 0 aliphatic heterocycles. The Balaban J connectivity index is 2.06. The number of aromatic nitrogens is 1. The molecule has 2 rings (SSSR count). The number of nitrogens with one attached hydrogen (secondary N) is 1. The van der Waals surface area contributed by atoms with E-state index in [0.717, 1.165) is 12.2 Å². The Morgan fingerprint density at radius 3 is 2.75 bits per heavy atom. The number of hydrogen-bond donors (Lipinski definition) is 2. The van der Waals surface area contributed by atoms with Crippen molar-refractivity contribution in [3.63, 3.8) is 0 Å². The van der Waals surface area contributed by atoms with E-state index in [1.165, 1.54) is 5.69 Å². The second-order valence-corrected chi connectivity index (χ2v) is 4.40. The molecule has 0 radical (unpaired) electrons. The molecule has 1 aromatic carbocycles. The monoisotopic (exact) mass is 276 g/mol. The Kier molecular flexibility index (Phi) is 4.90. The van der Waals surface area contributed by atoms with E-state index in [-0.39, 0.29) is 13.2 Å². The van der Waals surface area contributed by atoms with E-state index >= 15 is 0 Å². The van der Waals surface area contributed by atoms with Crippen LogP contribution in [0.3, 0.4) is 0 Å². The summed E-state index contributed by atoms with van der Waals surface area (Å²) in [4.78, 5) is 0. The number of methoxy groups -OCH3 is 1. The zero-order valence-corrected chi connectivity index (χ0v) is 11.8. The number of benzene rings is 1. The highest BCUT2D eigenvalue weighted by Gasteiger charge is 2.06. The minimum Gasteiger partial charge on any atom is -0.493 e. The smallest absolute Gasteiger partial charge is 0.163 e. The summed E-state index contributed by atoms with van der Waals surface area (Å²) in [7, 11) is 3.61. The summed E-state index contributed by atoms with van der Waals surface area (Å²) in [6.45, 7) is 0.955. The fourth-order valence-corrected chi connectivity index (χ4v) is 1.93. The van der Waals surface area contributed by atoms with Crippen molar-refractivity contribution in [2.45, 2.75) is 6.54 Å². The van der Waals surface area contributed by atoms with Gasteiger partial charge in [0.15, 0.2) is 11.5 Å². The summed E-state index contributed by atoms with van der Waals surface area (Å²) in [5.41, 5.74) is 2.14. The first-order valence-electron chi connectivity index (χ1n) is 6.50. The van der Waals surface area contributed by atoms with Gasteiger partial charge < -0.3 is 24.5 Å². The molecule has 0 aliphatic rings. The van der Waals surface area contributed by atoms with E-state index in [0.29, 0.717) is 11.5 Å². The van der Waals surface area contributed by atoms with Crippen LogP contribution in [0.25, 0.3) is 0 Å². The van der Waals surface area contributed by atoms with Crippen molar-refractivity contribution in [2.24, 2.45) is 7.05 Å². The topological polar surface area (TPSA) is 55.7 Å². The first kappa shape index (κ1) is 14.3. The summed E-state index contributed by atoms with van der Waals surface area (Å²) >= 11 is 0. The molecule has 2 aromatic rings. The van der Waals surface area contributed by atoms with E-state index in [2.05, 4.69) is 16.0 Å². The summed E-state index contributed by atoms with van der Waals surface area (Å²) in [6, 6.07) is 9.74. The maximum absolute atomic E-state index is 8.84. The quantitative estimate of drug-likeness (QED) is 0.812. The largest absolute Gasteiger partial charge is 0.493 e. The molecular weight excluding hydrogens is 256 g/mol. The van der Waals surface area contributed by atoms with Gasteiger partial charge >= 0.3 is 0 Å². The lowest BCUT2D eigenvalue weighted by atomic mass is 10.2. The van der Waals surface area contributed by atoms with Crippen molar-refractivity contribution < 1.29 is 14.6 Å². The molecule has 0 saturated carbocycles. The Morgan fingerprint density at radius 2 is 2.10 bits per heavy atom. The minimum atomic E-state index is -0.0237. The molecule has 1 heterocycles. The number of rotatable bonds is 7. The molecule has 0 spiro atoms. The van der Waals surface area contributed by atoms with E-state index in [9.17, 15) is 0 Å². The van der Waals surface area contributed by atoms with Crippen LogP contribution >= 0.6 is 0 Å². The highest BCUT2D eigenvalue weighted by Crippen LogP contribution is 2.30. The van der Waals surface area contributed by atoms with Crippen LogP contribution in [-0.4, -0.2) is 30.0 Å². The highest BCUT2D eigenvalue weighted by atomic mass is 16.5. The lowest BCUT2D eigenvalue weighted by Gasteiger charge is -2.13. The van der Waals surface area contributed by atoms with Crippen LogP contribution in [0.15, 0.2) is 36.5 Å². The third kappa shape index (κ3) is 3.45. The third-order valence-electron chi connectivity index (χ3n) is 3.04.